The normalized spacial score (nSPS) is 14.5. The summed E-state index contributed by atoms with van der Waals surface area (Å²) in [5.74, 6) is 0.529. The molecule has 0 radical (unpaired) electrons. The summed E-state index contributed by atoms with van der Waals surface area (Å²) in [6.45, 7) is 0.729. The minimum Gasteiger partial charge on any atom is -0.435 e. The van der Waals surface area contributed by atoms with Gasteiger partial charge in [0, 0.05) is 23.1 Å². The van der Waals surface area contributed by atoms with E-state index in [0.29, 0.717) is 5.89 Å². The van der Waals surface area contributed by atoms with Gasteiger partial charge in [-0.05, 0) is 18.2 Å². The monoisotopic (exact) mass is 316 g/mol. The van der Waals surface area contributed by atoms with Gasteiger partial charge in [0.2, 0.25) is 5.89 Å². The van der Waals surface area contributed by atoms with Gasteiger partial charge in [-0.25, -0.2) is 9.97 Å². The molecule has 0 saturated heterocycles. The van der Waals surface area contributed by atoms with Crippen molar-refractivity contribution in [2.24, 2.45) is 4.99 Å². The van der Waals surface area contributed by atoms with Crippen LogP contribution >= 0.6 is 15.9 Å². The minimum absolute atomic E-state index is 0.529. The minimum atomic E-state index is 0.529. The third-order valence-corrected chi connectivity index (χ3v) is 3.62. The summed E-state index contributed by atoms with van der Waals surface area (Å²) in [4.78, 5) is 16.4. The summed E-state index contributed by atoms with van der Waals surface area (Å²) < 4.78 is 6.76. The van der Waals surface area contributed by atoms with Gasteiger partial charge in [-0.1, -0.05) is 15.9 Å². The number of fused-ring (bicyclic) bond motifs is 2. The van der Waals surface area contributed by atoms with Crippen LogP contribution in [0.2, 0.25) is 0 Å². The number of aromatic amines is 1. The Labute approximate surface area is 116 Å². The first-order valence-electron chi connectivity index (χ1n) is 5.95. The molecule has 1 aliphatic rings. The second kappa shape index (κ2) is 4.03. The topological polar surface area (TPSA) is 67.1 Å². The Morgan fingerprint density at radius 3 is 3.21 bits per heavy atom. The molecule has 3 heterocycles. The van der Waals surface area contributed by atoms with E-state index in [0.717, 1.165) is 45.6 Å². The van der Waals surface area contributed by atoms with Crippen LogP contribution in [-0.4, -0.2) is 27.2 Å². The highest BCUT2D eigenvalue weighted by atomic mass is 79.9. The van der Waals surface area contributed by atoms with E-state index < -0.39 is 0 Å². The molecule has 1 N–H and O–H groups in total. The van der Waals surface area contributed by atoms with E-state index in [1.165, 1.54) is 0 Å². The number of aromatic nitrogens is 3. The number of halogens is 1. The Kier molecular flexibility index (Phi) is 2.32. The zero-order valence-electron chi connectivity index (χ0n) is 9.85. The Morgan fingerprint density at radius 2 is 2.26 bits per heavy atom. The van der Waals surface area contributed by atoms with E-state index in [-0.39, 0.29) is 0 Å². The van der Waals surface area contributed by atoms with E-state index >= 15 is 0 Å². The number of rotatable bonds is 1. The van der Waals surface area contributed by atoms with E-state index in [1.54, 1.807) is 6.33 Å². The van der Waals surface area contributed by atoms with Crippen molar-refractivity contribution in [3.05, 3.63) is 46.3 Å². The summed E-state index contributed by atoms with van der Waals surface area (Å²) >= 11 is 3.42. The van der Waals surface area contributed by atoms with Crippen molar-refractivity contribution < 1.29 is 4.42 Å². The summed E-state index contributed by atoms with van der Waals surface area (Å²) in [7, 11) is 0. The first-order chi connectivity index (χ1) is 9.31. The molecule has 0 aliphatic carbocycles. The van der Waals surface area contributed by atoms with Crippen LogP contribution in [0.15, 0.2) is 38.4 Å². The van der Waals surface area contributed by atoms with Crippen LogP contribution in [0, 0.1) is 0 Å². The molecule has 4 rings (SSSR count). The average molecular weight is 317 g/mol. The van der Waals surface area contributed by atoms with Crippen LogP contribution in [0.3, 0.4) is 0 Å². The van der Waals surface area contributed by atoms with Gasteiger partial charge >= 0.3 is 0 Å². The van der Waals surface area contributed by atoms with E-state index in [1.807, 2.05) is 18.2 Å². The highest BCUT2D eigenvalue weighted by Crippen LogP contribution is 2.23. The summed E-state index contributed by atoms with van der Waals surface area (Å²) in [6, 6.07) is 5.76. The fraction of sp³-hybridized carbons (Fsp3) is 0.154. The molecule has 0 atom stereocenters. The maximum Gasteiger partial charge on any atom is 0.248 e. The van der Waals surface area contributed by atoms with Crippen molar-refractivity contribution in [3.8, 4) is 0 Å². The quantitative estimate of drug-likeness (QED) is 0.750. The van der Waals surface area contributed by atoms with Crippen LogP contribution in [0.25, 0.3) is 11.1 Å². The average Bonchev–Trinajstić information content (AvgIpc) is 3.03. The maximum atomic E-state index is 5.79. The van der Waals surface area contributed by atoms with Crippen LogP contribution in [0.1, 0.15) is 17.3 Å². The lowest BCUT2D eigenvalue weighted by Gasteiger charge is -2.08. The zero-order valence-corrected chi connectivity index (χ0v) is 11.4. The molecule has 1 aromatic carbocycles. The van der Waals surface area contributed by atoms with Crippen molar-refractivity contribution in [2.75, 3.05) is 6.54 Å². The molecule has 1 aliphatic heterocycles. The number of nitrogens with zero attached hydrogens (tertiary/aromatic N) is 3. The summed E-state index contributed by atoms with van der Waals surface area (Å²) in [5.41, 5.74) is 4.23. The summed E-state index contributed by atoms with van der Waals surface area (Å²) in [5, 5.41) is 0. The predicted octanol–water partition coefficient (Wildman–Crippen LogP) is 2.71. The van der Waals surface area contributed by atoms with Gasteiger partial charge in [0.25, 0.3) is 0 Å². The standard InChI is InChI=1S/C13H9BrN4O/c14-7-1-2-8-10(5-7)19-13(18-8)12-11-9(3-4-15-12)16-6-17-11/h1-2,5-6H,3-4H2,(H,16,17). The number of H-pyrrole nitrogens is 1. The van der Waals surface area contributed by atoms with Crippen LogP contribution in [0.4, 0.5) is 0 Å². The number of imidazole rings is 1. The van der Waals surface area contributed by atoms with Gasteiger partial charge in [-0.15, -0.1) is 0 Å². The Bertz CT molecular complexity index is 802. The fourth-order valence-corrected chi connectivity index (χ4v) is 2.58. The van der Waals surface area contributed by atoms with Gasteiger partial charge in [0.15, 0.2) is 5.58 Å². The smallest absolute Gasteiger partial charge is 0.248 e. The third kappa shape index (κ3) is 1.71. The SMILES string of the molecule is Brc1ccc2nc(C3=NCCc4[nH]cnc43)oc2c1. The van der Waals surface area contributed by atoms with E-state index in [4.69, 9.17) is 4.42 Å². The van der Waals surface area contributed by atoms with Crippen molar-refractivity contribution >= 4 is 32.7 Å². The number of aliphatic imine (C=N–C) groups is 1. The molecule has 0 amide bonds. The fourth-order valence-electron chi connectivity index (χ4n) is 2.24. The molecule has 0 fully saturated rings. The Balaban J connectivity index is 1.89. The first kappa shape index (κ1) is 10.9. The van der Waals surface area contributed by atoms with Gasteiger partial charge in [0.05, 0.1) is 6.33 Å². The Hall–Kier alpha value is -1.95. The van der Waals surface area contributed by atoms with E-state index in [2.05, 4.69) is 35.9 Å². The largest absolute Gasteiger partial charge is 0.435 e. The van der Waals surface area contributed by atoms with Crippen molar-refractivity contribution in [2.45, 2.75) is 6.42 Å². The molecular formula is C13H9BrN4O. The van der Waals surface area contributed by atoms with Gasteiger partial charge in [0.1, 0.15) is 16.9 Å². The molecule has 0 bridgehead atoms. The van der Waals surface area contributed by atoms with Crippen molar-refractivity contribution in [3.63, 3.8) is 0 Å². The van der Waals surface area contributed by atoms with E-state index in [9.17, 15) is 0 Å². The molecule has 19 heavy (non-hydrogen) atoms. The third-order valence-electron chi connectivity index (χ3n) is 3.13. The molecule has 5 nitrogen and oxygen atoms in total. The molecule has 94 valence electrons. The second-order valence-corrected chi connectivity index (χ2v) is 5.26. The van der Waals surface area contributed by atoms with Gasteiger partial charge in [-0.3, -0.25) is 4.99 Å². The maximum absolute atomic E-state index is 5.79. The zero-order chi connectivity index (χ0) is 12.8. The number of hydrogen-bond acceptors (Lipinski definition) is 4. The molecule has 3 aromatic rings. The predicted molar refractivity (Wildman–Crippen MR) is 74.5 cm³/mol. The van der Waals surface area contributed by atoms with Gasteiger partial charge < -0.3 is 9.40 Å². The summed E-state index contributed by atoms with van der Waals surface area (Å²) in [6.07, 6.45) is 2.56. The Morgan fingerprint density at radius 1 is 1.32 bits per heavy atom. The van der Waals surface area contributed by atoms with Crippen molar-refractivity contribution in [1.29, 1.82) is 0 Å². The lowest BCUT2D eigenvalue weighted by Crippen LogP contribution is -2.14. The number of benzene rings is 1. The van der Waals surface area contributed by atoms with Crippen LogP contribution in [0.5, 0.6) is 0 Å². The molecule has 6 heteroatoms. The molecule has 0 unspecified atom stereocenters. The lowest BCUT2D eigenvalue weighted by atomic mass is 10.1. The molecule has 0 spiro atoms. The van der Waals surface area contributed by atoms with Crippen LogP contribution < -0.4 is 0 Å². The molecular weight excluding hydrogens is 308 g/mol. The van der Waals surface area contributed by atoms with Crippen molar-refractivity contribution in [1.82, 2.24) is 15.0 Å². The van der Waals surface area contributed by atoms with Gasteiger partial charge in [-0.2, -0.15) is 0 Å². The first-order valence-corrected chi connectivity index (χ1v) is 6.74. The lowest BCUT2D eigenvalue weighted by molar-refractivity contribution is 0.588. The second-order valence-electron chi connectivity index (χ2n) is 4.34. The number of nitrogens with one attached hydrogen (secondary N) is 1. The molecule has 2 aromatic heterocycles. The molecule has 0 saturated carbocycles. The number of oxazole rings is 1. The highest BCUT2D eigenvalue weighted by Gasteiger charge is 2.22. The highest BCUT2D eigenvalue weighted by molar-refractivity contribution is 9.10. The van der Waals surface area contributed by atoms with Crippen LogP contribution in [-0.2, 0) is 6.42 Å². The number of hydrogen-bond donors (Lipinski definition) is 1.